The molecular weight excluding hydrogens is 1830 g/mol. The molecule has 8 aromatic carbocycles. The van der Waals surface area contributed by atoms with Crippen molar-refractivity contribution in [2.24, 2.45) is 10.8 Å². The fraction of sp³-hybridized carbons (Fsp3) is 0.418. The predicted octanol–water partition coefficient (Wildman–Crippen LogP) is 29.8. The van der Waals surface area contributed by atoms with E-state index < -0.39 is 41.8 Å². The molecule has 23 nitrogen and oxygen atoms in total. The van der Waals surface area contributed by atoms with Crippen molar-refractivity contribution in [3.63, 3.8) is 0 Å². The maximum atomic E-state index is 11.2. The zero-order valence-electron chi connectivity index (χ0n) is 76.2. The Morgan fingerprint density at radius 1 is 0.248 bits per heavy atom. The normalized spacial score (nSPS) is 10.1. The molecule has 0 aliphatic heterocycles. The zero-order chi connectivity index (χ0) is 94.5. The molecule has 0 N–H and O–H groups in total. The number of benzene rings is 8. The molecule has 816 valence electrons. The van der Waals surface area contributed by atoms with E-state index in [1.54, 1.807) is 19.9 Å². The van der Waals surface area contributed by atoms with E-state index in [2.05, 4.69) is 169 Å². The fourth-order valence-corrected chi connectivity index (χ4v) is 12.5. The highest BCUT2D eigenvalue weighted by Crippen LogP contribution is 2.36. The zero-order valence-corrected chi connectivity index (χ0v) is 76.2. The number of esters is 7. The largest absolute Gasteiger partial charge is 0.493 e. The van der Waals surface area contributed by atoms with Crippen LogP contribution < -0.4 is 33.2 Å². The van der Waals surface area contributed by atoms with E-state index in [1.807, 2.05) is 133 Å². The number of ether oxygens (including phenoxy) is 14. The third kappa shape index (κ3) is 63.3. The number of hydrogen-bond acceptors (Lipinski definition) is 23. The summed E-state index contributed by atoms with van der Waals surface area (Å²) in [5.41, 5.74) is 10.1. The Morgan fingerprint density at radius 2 is 0.462 bits per heavy atom. The minimum atomic E-state index is -0.456. The van der Waals surface area contributed by atoms with Crippen molar-refractivity contribution in [1.82, 2.24) is 0 Å². The van der Waals surface area contributed by atoms with Crippen LogP contribution in [0.5, 0.6) is 40.2 Å². The van der Waals surface area contributed by atoms with Crippen molar-refractivity contribution in [3.8, 4) is 40.2 Å². The van der Waals surface area contributed by atoms with Crippen LogP contribution in [0.2, 0.25) is 0 Å². The molecule has 0 heterocycles. The van der Waals surface area contributed by atoms with Gasteiger partial charge in [0.25, 0.3) is 0 Å². The van der Waals surface area contributed by atoms with Crippen LogP contribution in [0, 0.1) is 10.8 Å². The van der Waals surface area contributed by atoms with E-state index in [-0.39, 0.29) is 199 Å². The van der Waals surface area contributed by atoms with Crippen LogP contribution in [0.3, 0.4) is 0 Å². The molecule has 0 saturated heterocycles. The minimum absolute atomic E-state index is 0. The second-order valence-corrected chi connectivity index (χ2v) is 31.9. The lowest BCUT2D eigenvalue weighted by Gasteiger charge is -2.26. The lowest BCUT2D eigenvalue weighted by atomic mass is 9.78. The molecule has 0 radical (unpaired) electrons. The van der Waals surface area contributed by atoms with Crippen molar-refractivity contribution in [2.45, 2.75) is 250 Å². The van der Waals surface area contributed by atoms with Crippen molar-refractivity contribution in [1.29, 1.82) is 0 Å². The van der Waals surface area contributed by atoms with Gasteiger partial charge < -0.3 is 66.3 Å². The summed E-state index contributed by atoms with van der Waals surface area (Å²) >= 11 is 0. The highest BCUT2D eigenvalue weighted by Gasteiger charge is 2.27. The monoisotopic (exact) mass is 2020 g/mol. The van der Waals surface area contributed by atoms with E-state index in [9.17, 15) is 33.6 Å². The van der Waals surface area contributed by atoms with Crippen LogP contribution in [-0.4, -0.2) is 140 Å². The molecule has 8 aromatic rings. The van der Waals surface area contributed by atoms with Gasteiger partial charge in [-0.2, -0.15) is 0 Å². The SMILES string of the molecule is C.C.C.C.C.C.C.C.C.C.C.C.C.C.C.C.C=CC(=O)OC(C)COc1ccc(CC(C)(C)Cc2ccc(OCC(C)OC(=O)C=C)cc2)cc1.C=CC(=O)OCCCOc1ccc(C(C)(C)c2ccc(COC(=O)C=C)cc2)cc1.C=CC(=O)OCCOc1ccc(CC(C)(C)Cc2ccc(OCCOC(=O)C=C)cc2)cc1.C=CCOOCCOc1ccc(C(C)(C)c2ccc(OCCOC(=O)C=C)cc2)cc1. The van der Waals surface area contributed by atoms with Gasteiger partial charge in [0.2, 0.25) is 0 Å². The maximum Gasteiger partial charge on any atom is 0.330 e. The smallest absolute Gasteiger partial charge is 0.330 e. The van der Waals surface area contributed by atoms with Gasteiger partial charge in [0.15, 0.2) is 0 Å². The lowest BCUT2D eigenvalue weighted by molar-refractivity contribution is -0.288. The van der Waals surface area contributed by atoms with Crippen LogP contribution in [0.25, 0.3) is 0 Å². The van der Waals surface area contributed by atoms with Gasteiger partial charge in [-0.05, 0) is 185 Å². The summed E-state index contributed by atoms with van der Waals surface area (Å²) < 4.78 is 74.5. The Labute approximate surface area is 878 Å². The van der Waals surface area contributed by atoms with Gasteiger partial charge in [-0.15, -0.1) is 6.58 Å². The summed E-state index contributed by atoms with van der Waals surface area (Å²) in [5.74, 6) is 2.07. The van der Waals surface area contributed by atoms with Crippen LogP contribution in [0.1, 0.15) is 245 Å². The molecule has 23 heteroatoms. The average molecular weight is 2020 g/mol. The standard InChI is InChI=1S/C29H36O6.C27H32O6.C25H30O6.C25H28O5.16CH4/c1-7-27(30)34-21(3)19-32-25-13-9-23(10-14-25)17-29(5,6)18-24-11-15-26(16-12-24)33-20-22(4)35-28(31)8-2;1-5-25(28)32-17-15-30-23-11-7-21(8-12-23)19-27(3,4)20-22-9-13-24(14-10-22)31-16-18-33-26(29)6-2;1-5-15-30-31-19-18-28-23-13-9-21(10-14-23)25(3,4)20-7-11-22(12-8-20)27-16-17-29-24(26)6-2;1-5-23(26)29-17-7-16-28-22-14-12-21(13-15-22)25(3,4)20-10-8-19(9-11-20)18-30-24(27)6-2;;;;;;;;;;;;;;;;/h7-16,21-22H,1-2,17-20H2,3-6H3;5-14H,1-2,15-20H2,3-4H3;5-14H,1-2,15-19H2,3-4H3;5-6,8-15H,1-2,7,16-18H2,3-4H3;16*1H4. The van der Waals surface area contributed by atoms with Gasteiger partial charge in [-0.25, -0.2) is 43.3 Å². The number of rotatable bonds is 53. The highest BCUT2D eigenvalue weighted by molar-refractivity contribution is 5.83. The molecule has 0 saturated carbocycles. The molecule has 2 unspecified atom stereocenters. The molecule has 145 heavy (non-hydrogen) atoms. The topological polar surface area (TPSA) is 267 Å². The number of carbonyl (C=O) groups excluding carboxylic acids is 7. The number of carbonyl (C=O) groups is 7. The molecule has 0 aliphatic rings. The molecule has 0 bridgehead atoms. The quantitative estimate of drug-likeness (QED) is 0.00652. The van der Waals surface area contributed by atoms with Gasteiger partial charge in [-0.1, -0.05) is 336 Å². The van der Waals surface area contributed by atoms with Gasteiger partial charge in [-0.3, -0.25) is 0 Å². The molecule has 0 spiro atoms. The van der Waals surface area contributed by atoms with Gasteiger partial charge >= 0.3 is 41.8 Å². The third-order valence-electron chi connectivity index (χ3n) is 19.3. The lowest BCUT2D eigenvalue weighted by Crippen LogP contribution is -2.21. The first-order valence-electron chi connectivity index (χ1n) is 42.4. The van der Waals surface area contributed by atoms with Crippen molar-refractivity contribution < 1.29 is 110 Å². The summed E-state index contributed by atoms with van der Waals surface area (Å²) in [6, 6.07) is 63.9. The molecule has 8 rings (SSSR count). The molecule has 0 aromatic heterocycles. The van der Waals surface area contributed by atoms with E-state index in [4.69, 9.17) is 76.1 Å². The molecule has 0 amide bonds. The first kappa shape index (κ1) is 157. The summed E-state index contributed by atoms with van der Waals surface area (Å²) in [6.45, 7) is 52.3. The summed E-state index contributed by atoms with van der Waals surface area (Å²) in [4.78, 5) is 87.5. The second kappa shape index (κ2) is 84.9. The van der Waals surface area contributed by atoms with E-state index in [0.717, 1.165) is 136 Å². The van der Waals surface area contributed by atoms with Crippen LogP contribution in [-0.2, 0) is 120 Å². The average Bonchev–Trinajstić information content (AvgIpc) is 0.803. The second-order valence-electron chi connectivity index (χ2n) is 31.9. The van der Waals surface area contributed by atoms with Gasteiger partial charge in [0, 0.05) is 59.8 Å². The van der Waals surface area contributed by atoms with E-state index >= 15 is 0 Å². The Balaban J connectivity index is -0.000000157. The van der Waals surface area contributed by atoms with Gasteiger partial charge in [0.05, 0.1) is 13.2 Å². The highest BCUT2D eigenvalue weighted by atomic mass is 17.2. The molecule has 0 fully saturated rings. The summed E-state index contributed by atoms with van der Waals surface area (Å²) in [7, 11) is 0. The van der Waals surface area contributed by atoms with E-state index in [1.165, 1.54) is 22.3 Å². The number of hydrogen-bond donors (Lipinski definition) is 0. The first-order valence-corrected chi connectivity index (χ1v) is 42.4. The van der Waals surface area contributed by atoms with Crippen LogP contribution in [0.4, 0.5) is 0 Å². The Morgan fingerprint density at radius 3 is 0.717 bits per heavy atom. The molecular formula is C122H190O23. The maximum absolute atomic E-state index is 11.2. The van der Waals surface area contributed by atoms with Crippen molar-refractivity contribution >= 4 is 41.8 Å². The predicted molar refractivity (Wildman–Crippen MR) is 607 cm³/mol. The van der Waals surface area contributed by atoms with Crippen LogP contribution >= 0.6 is 0 Å². The Kier molecular flexibility index (Phi) is 91.9. The molecule has 2 atom stereocenters. The Bertz CT molecular complexity index is 4640. The third-order valence-corrected chi connectivity index (χ3v) is 19.3. The first-order chi connectivity index (χ1) is 61.7. The molecule has 0 aliphatic carbocycles. The summed E-state index contributed by atoms with van der Waals surface area (Å²) in [5, 5.41) is 0. The van der Waals surface area contributed by atoms with E-state index in [0.29, 0.717) is 52.7 Å². The minimum Gasteiger partial charge on any atom is -0.493 e. The van der Waals surface area contributed by atoms with Crippen LogP contribution in [0.15, 0.2) is 295 Å². The summed E-state index contributed by atoms with van der Waals surface area (Å²) in [6.07, 6.45) is 13.1. The Hall–Kier alpha value is -13.5. The van der Waals surface area contributed by atoms with Crippen molar-refractivity contribution in [2.75, 3.05) is 85.9 Å². The van der Waals surface area contributed by atoms with Crippen molar-refractivity contribution in [3.05, 3.63) is 345 Å². The fourth-order valence-electron chi connectivity index (χ4n) is 12.5. The van der Waals surface area contributed by atoms with Gasteiger partial charge in [0.1, 0.15) is 132 Å².